The van der Waals surface area contributed by atoms with Gasteiger partial charge in [-0.15, -0.1) is 11.3 Å². The Labute approximate surface area is 184 Å². The molecule has 0 radical (unpaired) electrons. The first-order valence-corrected chi connectivity index (χ1v) is 11.1. The summed E-state index contributed by atoms with van der Waals surface area (Å²) in [7, 11) is 3.31. The summed E-state index contributed by atoms with van der Waals surface area (Å²) in [6.07, 6.45) is 0. The second-order valence-electron chi connectivity index (χ2n) is 7.22. The maximum absolute atomic E-state index is 5.53. The summed E-state index contributed by atoms with van der Waals surface area (Å²) in [5.74, 6) is 1.50. The van der Waals surface area contributed by atoms with Crippen molar-refractivity contribution in [3.05, 3.63) is 66.0 Å². The van der Waals surface area contributed by atoms with Crippen LogP contribution >= 0.6 is 11.3 Å². The molecule has 0 saturated carbocycles. The van der Waals surface area contributed by atoms with Crippen LogP contribution in [-0.4, -0.2) is 23.8 Å². The Kier molecular flexibility index (Phi) is 5.00. The van der Waals surface area contributed by atoms with Gasteiger partial charge in [-0.05, 0) is 43.3 Å². The Balaban J connectivity index is 1.49. The topological polar surface area (TPSA) is 48.3 Å². The van der Waals surface area contributed by atoms with Crippen LogP contribution in [0, 0.1) is 0 Å². The van der Waals surface area contributed by atoms with Gasteiger partial charge in [0.1, 0.15) is 11.5 Å². The van der Waals surface area contributed by atoms with Crippen molar-refractivity contribution in [3.8, 4) is 22.8 Å². The molecule has 5 rings (SSSR count). The number of fused-ring (bicyclic) bond motifs is 3. The third-order valence-electron chi connectivity index (χ3n) is 5.53. The third-order valence-corrected chi connectivity index (χ3v) is 6.29. The number of para-hydroxylation sites is 1. The molecule has 2 heterocycles. The van der Waals surface area contributed by atoms with Crippen molar-refractivity contribution < 1.29 is 9.47 Å². The van der Waals surface area contributed by atoms with E-state index < -0.39 is 0 Å². The van der Waals surface area contributed by atoms with Gasteiger partial charge in [0.2, 0.25) is 0 Å². The molecular formula is C25H23N3O2S. The van der Waals surface area contributed by atoms with Crippen LogP contribution in [0.5, 0.6) is 11.5 Å². The molecule has 1 N–H and O–H groups in total. The minimum atomic E-state index is 0.741. The highest BCUT2D eigenvalue weighted by Gasteiger charge is 2.13. The lowest BCUT2D eigenvalue weighted by Gasteiger charge is -2.08. The van der Waals surface area contributed by atoms with E-state index in [2.05, 4.69) is 59.3 Å². The fourth-order valence-corrected chi connectivity index (χ4v) is 4.79. The number of aryl methyl sites for hydroxylation is 1. The van der Waals surface area contributed by atoms with E-state index in [4.69, 9.17) is 14.5 Å². The van der Waals surface area contributed by atoms with Crippen LogP contribution in [0.1, 0.15) is 6.92 Å². The number of nitrogens with one attached hydrogen (secondary N) is 1. The van der Waals surface area contributed by atoms with E-state index in [0.29, 0.717) is 0 Å². The Hall–Kier alpha value is -3.51. The summed E-state index contributed by atoms with van der Waals surface area (Å²) < 4.78 is 13.2. The molecule has 0 aliphatic heterocycles. The van der Waals surface area contributed by atoms with Crippen LogP contribution < -0.4 is 14.8 Å². The predicted octanol–water partition coefficient (Wildman–Crippen LogP) is 6.70. The molecule has 31 heavy (non-hydrogen) atoms. The highest BCUT2D eigenvalue weighted by Crippen LogP contribution is 2.36. The van der Waals surface area contributed by atoms with Crippen molar-refractivity contribution in [3.63, 3.8) is 0 Å². The lowest BCUT2D eigenvalue weighted by Crippen LogP contribution is -1.94. The molecule has 0 aliphatic rings. The molecule has 2 aromatic heterocycles. The smallest absolute Gasteiger partial charge is 0.187 e. The molecule has 5 nitrogen and oxygen atoms in total. The van der Waals surface area contributed by atoms with Crippen molar-refractivity contribution in [2.45, 2.75) is 13.5 Å². The van der Waals surface area contributed by atoms with Gasteiger partial charge in [-0.1, -0.05) is 18.2 Å². The summed E-state index contributed by atoms with van der Waals surface area (Å²) in [6.45, 7) is 3.12. The van der Waals surface area contributed by atoms with Crippen LogP contribution in [0.25, 0.3) is 33.1 Å². The second kappa shape index (κ2) is 7.96. The molecule has 6 heteroatoms. The maximum atomic E-state index is 5.53. The largest absolute Gasteiger partial charge is 0.497 e. The molecular weight excluding hydrogens is 406 g/mol. The van der Waals surface area contributed by atoms with Crippen LogP contribution in [0.3, 0.4) is 0 Å². The summed E-state index contributed by atoms with van der Waals surface area (Å²) in [6, 6.07) is 20.8. The first kappa shape index (κ1) is 19.5. The van der Waals surface area contributed by atoms with Crippen molar-refractivity contribution >= 4 is 44.0 Å². The summed E-state index contributed by atoms with van der Waals surface area (Å²) in [5.41, 5.74) is 5.34. The maximum Gasteiger partial charge on any atom is 0.187 e. The standard InChI is InChI=1S/C25H23N3O2S/c1-4-28-22-8-6-5-7-18(22)20-13-16(9-12-23(20)28)26-25-27-21(15-31-25)19-11-10-17(29-2)14-24(19)30-3/h5-15H,4H2,1-3H3,(H,26,27). The highest BCUT2D eigenvalue weighted by molar-refractivity contribution is 7.14. The van der Waals surface area contributed by atoms with Gasteiger partial charge in [0.05, 0.1) is 19.9 Å². The Bertz CT molecular complexity index is 1390. The van der Waals surface area contributed by atoms with Gasteiger partial charge in [-0.3, -0.25) is 0 Å². The number of nitrogens with zero attached hydrogens (tertiary/aromatic N) is 2. The van der Waals surface area contributed by atoms with E-state index in [0.717, 1.165) is 40.1 Å². The van der Waals surface area contributed by atoms with E-state index in [1.807, 2.05) is 23.6 Å². The van der Waals surface area contributed by atoms with Crippen molar-refractivity contribution in [2.75, 3.05) is 19.5 Å². The molecule has 5 aromatic rings. The fourth-order valence-electron chi connectivity index (χ4n) is 4.06. The van der Waals surface area contributed by atoms with Crippen LogP contribution in [0.15, 0.2) is 66.0 Å². The summed E-state index contributed by atoms with van der Waals surface area (Å²) in [5, 5.41) is 8.86. The van der Waals surface area contributed by atoms with Gasteiger partial charge in [-0.25, -0.2) is 4.98 Å². The van der Waals surface area contributed by atoms with Gasteiger partial charge in [0.15, 0.2) is 5.13 Å². The number of methoxy groups -OCH3 is 2. The average Bonchev–Trinajstić information content (AvgIpc) is 3.40. The van der Waals surface area contributed by atoms with Crippen LogP contribution in [0.4, 0.5) is 10.8 Å². The zero-order chi connectivity index (χ0) is 21.4. The molecule has 0 spiro atoms. The lowest BCUT2D eigenvalue weighted by atomic mass is 10.1. The van der Waals surface area contributed by atoms with E-state index in [9.17, 15) is 0 Å². The molecule has 3 aromatic carbocycles. The molecule has 0 aliphatic carbocycles. The van der Waals surface area contributed by atoms with Crippen molar-refractivity contribution in [2.24, 2.45) is 0 Å². The van der Waals surface area contributed by atoms with Crippen molar-refractivity contribution in [1.82, 2.24) is 9.55 Å². The number of benzene rings is 3. The summed E-state index contributed by atoms with van der Waals surface area (Å²) in [4.78, 5) is 4.79. The Morgan fingerprint density at radius 3 is 2.58 bits per heavy atom. The summed E-state index contributed by atoms with van der Waals surface area (Å²) >= 11 is 1.57. The molecule has 0 atom stereocenters. The molecule has 0 bridgehead atoms. The molecule has 156 valence electrons. The quantitative estimate of drug-likeness (QED) is 0.326. The van der Waals surface area contributed by atoms with E-state index >= 15 is 0 Å². The monoisotopic (exact) mass is 429 g/mol. The molecule has 0 saturated heterocycles. The highest BCUT2D eigenvalue weighted by atomic mass is 32.1. The Morgan fingerprint density at radius 1 is 0.935 bits per heavy atom. The molecule has 0 amide bonds. The molecule has 0 fully saturated rings. The third kappa shape index (κ3) is 3.39. The number of anilines is 2. The number of hydrogen-bond donors (Lipinski definition) is 1. The number of aromatic nitrogens is 2. The number of thiazole rings is 1. The van der Waals surface area contributed by atoms with Gasteiger partial charge >= 0.3 is 0 Å². The average molecular weight is 430 g/mol. The minimum absolute atomic E-state index is 0.741. The zero-order valence-electron chi connectivity index (χ0n) is 17.7. The fraction of sp³-hybridized carbons (Fsp3) is 0.160. The van der Waals surface area contributed by atoms with E-state index in [-0.39, 0.29) is 0 Å². The second-order valence-corrected chi connectivity index (χ2v) is 8.08. The van der Waals surface area contributed by atoms with Gasteiger partial charge in [-0.2, -0.15) is 0 Å². The van der Waals surface area contributed by atoms with E-state index in [1.165, 1.54) is 21.8 Å². The number of rotatable bonds is 6. The van der Waals surface area contributed by atoms with Gasteiger partial charge in [0.25, 0.3) is 0 Å². The van der Waals surface area contributed by atoms with Crippen LogP contribution in [0.2, 0.25) is 0 Å². The predicted molar refractivity (Wildman–Crippen MR) is 129 cm³/mol. The van der Waals surface area contributed by atoms with Crippen LogP contribution in [-0.2, 0) is 6.54 Å². The van der Waals surface area contributed by atoms with Gasteiger partial charge < -0.3 is 19.4 Å². The van der Waals surface area contributed by atoms with Gasteiger partial charge in [0, 0.05) is 51.0 Å². The number of hydrogen-bond acceptors (Lipinski definition) is 5. The van der Waals surface area contributed by atoms with E-state index in [1.54, 1.807) is 25.6 Å². The lowest BCUT2D eigenvalue weighted by molar-refractivity contribution is 0.395. The normalized spacial score (nSPS) is 11.2. The Morgan fingerprint density at radius 2 is 1.77 bits per heavy atom. The molecule has 0 unspecified atom stereocenters. The zero-order valence-corrected chi connectivity index (χ0v) is 18.5. The SMILES string of the molecule is CCn1c2ccccc2c2cc(Nc3nc(-c4ccc(OC)cc4OC)cs3)ccc21. The number of ether oxygens (including phenoxy) is 2. The first-order chi connectivity index (χ1) is 15.2. The minimum Gasteiger partial charge on any atom is -0.497 e. The van der Waals surface area contributed by atoms with Crippen molar-refractivity contribution in [1.29, 1.82) is 0 Å². The first-order valence-electron chi connectivity index (χ1n) is 10.2.